The number of alkyl halides is 1. The van der Waals surface area contributed by atoms with Crippen LogP contribution in [0.15, 0.2) is 0 Å². The van der Waals surface area contributed by atoms with Crippen molar-refractivity contribution in [1.82, 2.24) is 5.32 Å². The minimum Gasteiger partial charge on any atom is -0.309 e. The first-order valence-corrected chi connectivity index (χ1v) is 5.97. The summed E-state index contributed by atoms with van der Waals surface area (Å²) in [6, 6.07) is 0.643. The molecule has 0 rings (SSSR count). The zero-order valence-corrected chi connectivity index (χ0v) is 10.4. The fourth-order valence-electron chi connectivity index (χ4n) is 1.48. The van der Waals surface area contributed by atoms with Gasteiger partial charge < -0.3 is 5.32 Å². The van der Waals surface area contributed by atoms with Gasteiger partial charge in [0.15, 0.2) is 0 Å². The van der Waals surface area contributed by atoms with Crippen LogP contribution in [0.1, 0.15) is 47.0 Å². The van der Waals surface area contributed by atoms with E-state index in [2.05, 4.69) is 48.9 Å². The number of rotatable bonds is 6. The Kier molecular flexibility index (Phi) is 6.20. The average Bonchev–Trinajstić information content (AvgIpc) is 1.85. The molecule has 0 bridgehead atoms. The molecule has 1 unspecified atom stereocenters. The normalized spacial score (nSPS) is 14.8. The molecule has 12 heavy (non-hydrogen) atoms. The second-order valence-corrected chi connectivity index (χ2v) is 4.95. The molecule has 0 saturated carbocycles. The highest BCUT2D eigenvalue weighted by atomic mass is 79.9. The van der Waals surface area contributed by atoms with Gasteiger partial charge in [-0.1, -0.05) is 29.3 Å². The standard InChI is InChI=1S/C10H22BrN/c1-5-6-9(2)12-10(3,4)7-8-11/h9,12H,5-8H2,1-4H3. The third-order valence-corrected chi connectivity index (χ3v) is 2.47. The van der Waals surface area contributed by atoms with Gasteiger partial charge in [-0.2, -0.15) is 0 Å². The van der Waals surface area contributed by atoms with E-state index in [0.29, 0.717) is 6.04 Å². The maximum Gasteiger partial charge on any atom is 0.0135 e. The zero-order chi connectivity index (χ0) is 9.61. The topological polar surface area (TPSA) is 12.0 Å². The second kappa shape index (κ2) is 5.98. The lowest BCUT2D eigenvalue weighted by atomic mass is 10.00. The van der Waals surface area contributed by atoms with Crippen LogP contribution in [0.4, 0.5) is 0 Å². The van der Waals surface area contributed by atoms with Crippen molar-refractivity contribution >= 4 is 15.9 Å². The zero-order valence-electron chi connectivity index (χ0n) is 8.78. The molecule has 0 saturated heterocycles. The van der Waals surface area contributed by atoms with Gasteiger partial charge in [-0.15, -0.1) is 0 Å². The van der Waals surface area contributed by atoms with Crippen LogP contribution in [0, 0.1) is 0 Å². The third kappa shape index (κ3) is 6.01. The Morgan fingerprint density at radius 2 is 2.00 bits per heavy atom. The molecule has 1 atom stereocenters. The molecule has 0 aliphatic heterocycles. The first-order valence-electron chi connectivity index (χ1n) is 4.85. The summed E-state index contributed by atoms with van der Waals surface area (Å²) in [6.45, 7) is 9.02. The fourth-order valence-corrected chi connectivity index (χ4v) is 2.47. The summed E-state index contributed by atoms with van der Waals surface area (Å²) in [5.41, 5.74) is 0.276. The minimum absolute atomic E-state index is 0.276. The smallest absolute Gasteiger partial charge is 0.0135 e. The molecule has 0 aromatic rings. The van der Waals surface area contributed by atoms with Crippen LogP contribution in [-0.2, 0) is 0 Å². The van der Waals surface area contributed by atoms with Crippen LogP contribution in [0.2, 0.25) is 0 Å². The Bertz CT molecular complexity index is 112. The summed E-state index contributed by atoms with van der Waals surface area (Å²) in [6.07, 6.45) is 3.71. The SMILES string of the molecule is CCCC(C)NC(C)(C)CCBr. The highest BCUT2D eigenvalue weighted by Gasteiger charge is 2.18. The highest BCUT2D eigenvalue weighted by molar-refractivity contribution is 9.09. The van der Waals surface area contributed by atoms with Crippen molar-refractivity contribution < 1.29 is 0 Å². The van der Waals surface area contributed by atoms with Crippen molar-refractivity contribution in [1.29, 1.82) is 0 Å². The molecule has 0 aromatic carbocycles. The highest BCUT2D eigenvalue weighted by Crippen LogP contribution is 2.12. The molecule has 1 N–H and O–H groups in total. The lowest BCUT2D eigenvalue weighted by Gasteiger charge is -2.29. The molecule has 74 valence electrons. The summed E-state index contributed by atoms with van der Waals surface area (Å²) in [7, 11) is 0. The van der Waals surface area contributed by atoms with E-state index in [1.807, 2.05) is 0 Å². The predicted octanol–water partition coefficient (Wildman–Crippen LogP) is 3.33. The first kappa shape index (κ1) is 12.4. The minimum atomic E-state index is 0.276. The van der Waals surface area contributed by atoms with Crippen LogP contribution < -0.4 is 5.32 Å². The van der Waals surface area contributed by atoms with E-state index in [1.165, 1.54) is 19.3 Å². The third-order valence-electron chi connectivity index (χ3n) is 2.08. The first-order chi connectivity index (χ1) is 5.52. The number of hydrogen-bond donors (Lipinski definition) is 1. The fraction of sp³-hybridized carbons (Fsp3) is 1.00. The van der Waals surface area contributed by atoms with Crippen molar-refractivity contribution in [2.75, 3.05) is 5.33 Å². The van der Waals surface area contributed by atoms with Gasteiger partial charge in [-0.25, -0.2) is 0 Å². The van der Waals surface area contributed by atoms with Crippen molar-refractivity contribution in [3.8, 4) is 0 Å². The molecule has 0 aliphatic carbocycles. The molecule has 0 radical (unpaired) electrons. The van der Waals surface area contributed by atoms with Gasteiger partial charge >= 0.3 is 0 Å². The largest absolute Gasteiger partial charge is 0.309 e. The van der Waals surface area contributed by atoms with Crippen molar-refractivity contribution in [3.05, 3.63) is 0 Å². The number of nitrogens with one attached hydrogen (secondary N) is 1. The van der Waals surface area contributed by atoms with E-state index in [1.54, 1.807) is 0 Å². The molecule has 0 amide bonds. The molecule has 0 aliphatic rings. The van der Waals surface area contributed by atoms with E-state index >= 15 is 0 Å². The summed E-state index contributed by atoms with van der Waals surface area (Å²) >= 11 is 3.47. The maximum absolute atomic E-state index is 3.63. The Morgan fingerprint density at radius 3 is 2.42 bits per heavy atom. The second-order valence-electron chi connectivity index (χ2n) is 4.16. The molecule has 0 aromatic heterocycles. The van der Waals surface area contributed by atoms with Crippen LogP contribution >= 0.6 is 15.9 Å². The summed E-state index contributed by atoms with van der Waals surface area (Å²) in [5.74, 6) is 0. The van der Waals surface area contributed by atoms with Crippen LogP contribution in [-0.4, -0.2) is 16.9 Å². The van der Waals surface area contributed by atoms with Crippen molar-refractivity contribution in [2.24, 2.45) is 0 Å². The maximum atomic E-state index is 3.63. The molecular weight excluding hydrogens is 214 g/mol. The summed E-state index contributed by atoms with van der Waals surface area (Å²) < 4.78 is 0. The van der Waals surface area contributed by atoms with Crippen molar-refractivity contribution in [3.63, 3.8) is 0 Å². The van der Waals surface area contributed by atoms with Crippen LogP contribution in [0.5, 0.6) is 0 Å². The Morgan fingerprint density at radius 1 is 1.42 bits per heavy atom. The molecular formula is C10H22BrN. The van der Waals surface area contributed by atoms with Crippen LogP contribution in [0.3, 0.4) is 0 Å². The Hall–Kier alpha value is 0.440. The summed E-state index contributed by atoms with van der Waals surface area (Å²) in [5, 5.41) is 4.70. The van der Waals surface area contributed by atoms with Gasteiger partial charge in [-0.3, -0.25) is 0 Å². The van der Waals surface area contributed by atoms with E-state index in [4.69, 9.17) is 0 Å². The van der Waals surface area contributed by atoms with Crippen LogP contribution in [0.25, 0.3) is 0 Å². The Balaban J connectivity index is 3.70. The van der Waals surface area contributed by atoms with Gasteiger partial charge in [0, 0.05) is 16.9 Å². The molecule has 0 fully saturated rings. The Labute approximate surface area is 85.4 Å². The molecule has 0 spiro atoms. The lowest BCUT2D eigenvalue weighted by molar-refractivity contribution is 0.326. The summed E-state index contributed by atoms with van der Waals surface area (Å²) in [4.78, 5) is 0. The van der Waals surface area contributed by atoms with E-state index in [0.717, 1.165) is 5.33 Å². The van der Waals surface area contributed by atoms with Gasteiger partial charge in [-0.05, 0) is 33.6 Å². The molecule has 0 heterocycles. The van der Waals surface area contributed by atoms with E-state index < -0.39 is 0 Å². The lowest BCUT2D eigenvalue weighted by Crippen LogP contribution is -2.44. The monoisotopic (exact) mass is 235 g/mol. The van der Waals surface area contributed by atoms with Gasteiger partial charge in [0.2, 0.25) is 0 Å². The quantitative estimate of drug-likeness (QED) is 0.697. The van der Waals surface area contributed by atoms with E-state index in [-0.39, 0.29) is 5.54 Å². The van der Waals surface area contributed by atoms with E-state index in [9.17, 15) is 0 Å². The van der Waals surface area contributed by atoms with Gasteiger partial charge in [0.25, 0.3) is 0 Å². The average molecular weight is 236 g/mol. The molecule has 1 nitrogen and oxygen atoms in total. The van der Waals surface area contributed by atoms with Gasteiger partial charge in [0.1, 0.15) is 0 Å². The van der Waals surface area contributed by atoms with Crippen molar-refractivity contribution in [2.45, 2.75) is 58.5 Å². The van der Waals surface area contributed by atoms with Gasteiger partial charge in [0.05, 0.1) is 0 Å². The molecule has 2 heteroatoms. The number of hydrogen-bond acceptors (Lipinski definition) is 1. The number of halogens is 1. The predicted molar refractivity (Wildman–Crippen MR) is 60.0 cm³/mol.